The molecule has 138 valence electrons. The average Bonchev–Trinajstić information content (AvgIpc) is 3.28. The number of nitrogens with zero attached hydrogens (tertiary/aromatic N) is 2. The van der Waals surface area contributed by atoms with E-state index >= 15 is 0 Å². The predicted octanol–water partition coefficient (Wildman–Crippen LogP) is 1.58. The summed E-state index contributed by atoms with van der Waals surface area (Å²) in [4.78, 5) is 24.7. The van der Waals surface area contributed by atoms with E-state index < -0.39 is 0 Å². The van der Waals surface area contributed by atoms with Gasteiger partial charge in [-0.1, -0.05) is 0 Å². The molecule has 1 aliphatic rings. The SMILES string of the molecule is CC(=O)NCC(=O)N1CC[C@@H](c2cc(COc3ccc(F)cc3)[nH]n2)C1. The van der Waals surface area contributed by atoms with Crippen molar-refractivity contribution in [1.29, 1.82) is 0 Å². The maximum atomic E-state index is 12.9. The Bertz CT molecular complexity index is 775. The number of hydrogen-bond donors (Lipinski definition) is 2. The number of halogens is 1. The molecule has 0 spiro atoms. The second-order valence-corrected chi connectivity index (χ2v) is 6.30. The van der Waals surface area contributed by atoms with Crippen LogP contribution in [0.5, 0.6) is 5.75 Å². The Labute approximate surface area is 150 Å². The van der Waals surface area contributed by atoms with Crippen molar-refractivity contribution in [3.63, 3.8) is 0 Å². The molecule has 2 aromatic rings. The molecule has 1 fully saturated rings. The average molecular weight is 360 g/mol. The lowest BCUT2D eigenvalue weighted by Crippen LogP contribution is -2.38. The largest absolute Gasteiger partial charge is 0.487 e. The van der Waals surface area contributed by atoms with Crippen molar-refractivity contribution >= 4 is 11.8 Å². The molecular formula is C18H21FN4O3. The van der Waals surface area contributed by atoms with Gasteiger partial charge in [0.25, 0.3) is 0 Å². The van der Waals surface area contributed by atoms with Crippen LogP contribution >= 0.6 is 0 Å². The maximum absolute atomic E-state index is 12.9. The van der Waals surface area contributed by atoms with Crippen molar-refractivity contribution in [2.24, 2.45) is 0 Å². The summed E-state index contributed by atoms with van der Waals surface area (Å²) < 4.78 is 18.5. The van der Waals surface area contributed by atoms with Gasteiger partial charge < -0.3 is 15.0 Å². The van der Waals surface area contributed by atoms with Gasteiger partial charge in [0.05, 0.1) is 17.9 Å². The number of nitrogens with one attached hydrogen (secondary N) is 2. The van der Waals surface area contributed by atoms with Crippen molar-refractivity contribution in [1.82, 2.24) is 20.4 Å². The van der Waals surface area contributed by atoms with Gasteiger partial charge >= 0.3 is 0 Å². The molecule has 2 amide bonds. The number of H-pyrrole nitrogens is 1. The second kappa shape index (κ2) is 7.99. The minimum Gasteiger partial charge on any atom is -0.487 e. The molecule has 2 heterocycles. The monoisotopic (exact) mass is 360 g/mol. The zero-order valence-electron chi connectivity index (χ0n) is 14.5. The normalized spacial score (nSPS) is 16.5. The standard InChI is InChI=1S/C18H21FN4O3/c1-12(24)20-9-18(25)23-7-6-13(10-23)17-8-15(21-22-17)11-26-16-4-2-14(19)3-5-16/h2-5,8,13H,6-7,9-11H2,1H3,(H,20,24)(H,21,22)/t13-/m1/s1. The second-order valence-electron chi connectivity index (χ2n) is 6.30. The van der Waals surface area contributed by atoms with Crippen LogP contribution in [0.1, 0.15) is 30.7 Å². The van der Waals surface area contributed by atoms with Gasteiger partial charge in [0.1, 0.15) is 18.2 Å². The summed E-state index contributed by atoms with van der Waals surface area (Å²) in [6.07, 6.45) is 0.828. The highest BCUT2D eigenvalue weighted by atomic mass is 19.1. The molecule has 0 bridgehead atoms. The van der Waals surface area contributed by atoms with Gasteiger partial charge in [-0.05, 0) is 36.8 Å². The van der Waals surface area contributed by atoms with E-state index in [1.165, 1.54) is 19.1 Å². The van der Waals surface area contributed by atoms with Gasteiger partial charge in [-0.2, -0.15) is 5.10 Å². The van der Waals surface area contributed by atoms with Crippen LogP contribution in [0.2, 0.25) is 0 Å². The van der Waals surface area contributed by atoms with Crippen LogP contribution in [0.3, 0.4) is 0 Å². The number of carbonyl (C=O) groups is 2. The third kappa shape index (κ3) is 4.59. The van der Waals surface area contributed by atoms with Crippen molar-refractivity contribution in [2.75, 3.05) is 19.6 Å². The van der Waals surface area contributed by atoms with Gasteiger partial charge in [0.2, 0.25) is 11.8 Å². The van der Waals surface area contributed by atoms with Crippen LogP contribution in [0.25, 0.3) is 0 Å². The molecule has 0 unspecified atom stereocenters. The van der Waals surface area contributed by atoms with Crippen molar-refractivity contribution in [2.45, 2.75) is 25.9 Å². The molecule has 26 heavy (non-hydrogen) atoms. The molecule has 0 radical (unpaired) electrons. The number of likely N-dealkylation sites (tertiary alicyclic amines) is 1. The lowest BCUT2D eigenvalue weighted by atomic mass is 10.1. The summed E-state index contributed by atoms with van der Waals surface area (Å²) in [5.74, 6) is 0.135. The molecule has 1 aromatic heterocycles. The third-order valence-electron chi connectivity index (χ3n) is 4.31. The van der Waals surface area contributed by atoms with E-state index in [1.54, 1.807) is 17.0 Å². The number of ether oxygens (including phenoxy) is 1. The first kappa shape index (κ1) is 17.9. The minimum atomic E-state index is -0.306. The van der Waals surface area contributed by atoms with Gasteiger partial charge in [0, 0.05) is 25.9 Å². The summed E-state index contributed by atoms with van der Waals surface area (Å²) in [5, 5.41) is 9.78. The first-order chi connectivity index (χ1) is 12.5. The molecule has 3 rings (SSSR count). The van der Waals surface area contributed by atoms with Gasteiger partial charge in [0.15, 0.2) is 0 Å². The highest BCUT2D eigenvalue weighted by Crippen LogP contribution is 2.26. The molecule has 7 nitrogen and oxygen atoms in total. The summed E-state index contributed by atoms with van der Waals surface area (Å²) in [5.41, 5.74) is 1.70. The smallest absolute Gasteiger partial charge is 0.241 e. The summed E-state index contributed by atoms with van der Waals surface area (Å²) >= 11 is 0. The van der Waals surface area contributed by atoms with Gasteiger partial charge in [-0.15, -0.1) is 0 Å². The van der Waals surface area contributed by atoms with E-state index in [2.05, 4.69) is 15.5 Å². The van der Waals surface area contributed by atoms with E-state index in [-0.39, 0.29) is 30.1 Å². The molecule has 1 atom stereocenters. The maximum Gasteiger partial charge on any atom is 0.241 e. The fraction of sp³-hybridized carbons (Fsp3) is 0.389. The number of aromatic amines is 1. The Hall–Kier alpha value is -2.90. The molecule has 8 heteroatoms. The molecule has 1 aliphatic heterocycles. The molecular weight excluding hydrogens is 339 g/mol. The first-order valence-corrected chi connectivity index (χ1v) is 8.46. The van der Waals surface area contributed by atoms with Crippen molar-refractivity contribution in [3.05, 3.63) is 47.5 Å². The fourth-order valence-electron chi connectivity index (χ4n) is 2.89. The topological polar surface area (TPSA) is 87.3 Å². The van der Waals surface area contributed by atoms with Crippen molar-refractivity contribution in [3.8, 4) is 5.75 Å². The Morgan fingerprint density at radius 1 is 1.38 bits per heavy atom. The zero-order chi connectivity index (χ0) is 18.5. The number of aromatic nitrogens is 2. The van der Waals surface area contributed by atoms with E-state index in [1.807, 2.05) is 6.07 Å². The fourth-order valence-corrected chi connectivity index (χ4v) is 2.89. The Morgan fingerprint density at radius 2 is 2.15 bits per heavy atom. The van der Waals surface area contributed by atoms with Crippen molar-refractivity contribution < 1.29 is 18.7 Å². The van der Waals surface area contributed by atoms with Crippen LogP contribution in [-0.4, -0.2) is 46.5 Å². The molecule has 2 N–H and O–H groups in total. The Balaban J connectivity index is 1.51. The Kier molecular flexibility index (Phi) is 5.50. The third-order valence-corrected chi connectivity index (χ3v) is 4.31. The van der Waals surface area contributed by atoms with Crippen LogP contribution in [0, 0.1) is 5.82 Å². The quantitative estimate of drug-likeness (QED) is 0.819. The lowest BCUT2D eigenvalue weighted by Gasteiger charge is -2.16. The molecule has 1 aromatic carbocycles. The van der Waals surface area contributed by atoms with Crippen LogP contribution < -0.4 is 10.1 Å². The first-order valence-electron chi connectivity index (χ1n) is 8.46. The van der Waals surface area contributed by atoms with E-state index in [0.717, 1.165) is 17.8 Å². The highest BCUT2D eigenvalue weighted by Gasteiger charge is 2.28. The number of benzene rings is 1. The number of carbonyl (C=O) groups excluding carboxylic acids is 2. The summed E-state index contributed by atoms with van der Waals surface area (Å²) in [6, 6.07) is 7.76. The van der Waals surface area contributed by atoms with Crippen LogP contribution in [0.15, 0.2) is 30.3 Å². The van der Waals surface area contributed by atoms with E-state index in [4.69, 9.17) is 4.74 Å². The number of rotatable bonds is 6. The van der Waals surface area contributed by atoms with Gasteiger partial charge in [-0.25, -0.2) is 4.39 Å². The molecule has 0 saturated carbocycles. The Morgan fingerprint density at radius 3 is 2.88 bits per heavy atom. The van der Waals surface area contributed by atoms with Crippen LogP contribution in [-0.2, 0) is 16.2 Å². The van der Waals surface area contributed by atoms with Crippen LogP contribution in [0.4, 0.5) is 4.39 Å². The minimum absolute atomic E-state index is 0.0272. The predicted molar refractivity (Wildman–Crippen MR) is 91.9 cm³/mol. The summed E-state index contributed by atoms with van der Waals surface area (Å²) in [6.45, 7) is 2.95. The zero-order valence-corrected chi connectivity index (χ0v) is 14.5. The lowest BCUT2D eigenvalue weighted by molar-refractivity contribution is -0.131. The number of hydrogen-bond acceptors (Lipinski definition) is 4. The summed E-state index contributed by atoms with van der Waals surface area (Å²) in [7, 11) is 0. The van der Waals surface area contributed by atoms with E-state index in [0.29, 0.717) is 25.4 Å². The van der Waals surface area contributed by atoms with E-state index in [9.17, 15) is 14.0 Å². The number of amides is 2. The molecule has 0 aliphatic carbocycles. The highest BCUT2D eigenvalue weighted by molar-refractivity contribution is 5.83. The molecule has 1 saturated heterocycles. The van der Waals surface area contributed by atoms with Gasteiger partial charge in [-0.3, -0.25) is 14.7 Å².